The summed E-state index contributed by atoms with van der Waals surface area (Å²) in [5, 5.41) is 3.44. The van der Waals surface area contributed by atoms with Crippen molar-refractivity contribution in [3.8, 4) is 17.3 Å². The van der Waals surface area contributed by atoms with Crippen molar-refractivity contribution in [3.05, 3.63) is 42.6 Å². The van der Waals surface area contributed by atoms with Crippen molar-refractivity contribution in [1.82, 2.24) is 29.5 Å². The van der Waals surface area contributed by atoms with Gasteiger partial charge in [-0.3, -0.25) is 4.57 Å². The van der Waals surface area contributed by atoms with Crippen LogP contribution in [0, 0.1) is 6.92 Å². The van der Waals surface area contributed by atoms with Crippen LogP contribution in [0.5, 0.6) is 5.88 Å². The lowest BCUT2D eigenvalue weighted by Crippen LogP contribution is -2.36. The van der Waals surface area contributed by atoms with Crippen LogP contribution in [0.4, 0.5) is 17.2 Å². The molecule has 11 heteroatoms. The number of ether oxygens (including phenoxy) is 3. The second-order valence-corrected chi connectivity index (χ2v) is 9.16. The molecule has 11 nitrogen and oxygen atoms in total. The minimum absolute atomic E-state index is 0.161. The third-order valence-corrected chi connectivity index (χ3v) is 6.70. The first-order valence-corrected chi connectivity index (χ1v) is 12.6. The molecule has 2 fully saturated rings. The lowest BCUT2D eigenvalue weighted by Gasteiger charge is -2.29. The van der Waals surface area contributed by atoms with E-state index in [1.54, 1.807) is 19.5 Å². The van der Waals surface area contributed by atoms with Crippen molar-refractivity contribution in [2.45, 2.75) is 32.4 Å². The summed E-state index contributed by atoms with van der Waals surface area (Å²) < 4.78 is 19.1. The molecule has 0 aliphatic carbocycles. The third-order valence-electron chi connectivity index (χ3n) is 6.70. The number of aromatic nitrogens is 6. The predicted octanol–water partition coefficient (Wildman–Crippen LogP) is 3.88. The minimum atomic E-state index is -0.161. The molecule has 2 saturated heterocycles. The third kappa shape index (κ3) is 4.79. The van der Waals surface area contributed by atoms with Crippen LogP contribution in [-0.4, -0.2) is 69.5 Å². The van der Waals surface area contributed by atoms with Crippen molar-refractivity contribution < 1.29 is 14.2 Å². The molecule has 0 amide bonds. The normalized spacial score (nSPS) is 18.2. The summed E-state index contributed by atoms with van der Waals surface area (Å²) >= 11 is 0. The molecule has 0 aromatic carbocycles. The Morgan fingerprint density at radius 1 is 1.00 bits per heavy atom. The average molecular weight is 503 g/mol. The quantitative estimate of drug-likeness (QED) is 0.417. The van der Waals surface area contributed by atoms with Gasteiger partial charge >= 0.3 is 0 Å². The van der Waals surface area contributed by atoms with E-state index in [1.807, 2.05) is 25.3 Å². The zero-order chi connectivity index (χ0) is 25.2. The fourth-order valence-corrected chi connectivity index (χ4v) is 4.80. The van der Waals surface area contributed by atoms with Crippen molar-refractivity contribution in [2.75, 3.05) is 50.2 Å². The van der Waals surface area contributed by atoms with Gasteiger partial charge in [-0.2, -0.15) is 0 Å². The first-order valence-electron chi connectivity index (χ1n) is 12.6. The number of aryl methyl sites for hydroxylation is 1. The molecule has 4 aromatic rings. The lowest BCUT2D eigenvalue weighted by molar-refractivity contribution is -0.0287. The number of rotatable bonds is 6. The largest absolute Gasteiger partial charge is 0.481 e. The highest BCUT2D eigenvalue weighted by Gasteiger charge is 2.27. The average Bonchev–Trinajstić information content (AvgIpc) is 3.33. The number of pyridine rings is 2. The summed E-state index contributed by atoms with van der Waals surface area (Å²) in [4.78, 5) is 25.6. The highest BCUT2D eigenvalue weighted by atomic mass is 16.5. The summed E-state index contributed by atoms with van der Waals surface area (Å²) in [5.41, 5.74) is 4.15. The van der Waals surface area contributed by atoms with Crippen molar-refractivity contribution >= 4 is 28.4 Å². The fourth-order valence-electron chi connectivity index (χ4n) is 4.80. The summed E-state index contributed by atoms with van der Waals surface area (Å²) in [7, 11) is 1.60. The number of methoxy groups -OCH3 is 1. The molecule has 2 aliphatic rings. The number of nitrogens with zero attached hydrogens (tertiary/aromatic N) is 7. The number of hydrogen-bond acceptors (Lipinski definition) is 10. The molecule has 1 atom stereocenters. The molecular formula is C26H30N8O3. The van der Waals surface area contributed by atoms with Gasteiger partial charge in [0.2, 0.25) is 5.88 Å². The Kier molecular flexibility index (Phi) is 6.54. The van der Waals surface area contributed by atoms with E-state index in [4.69, 9.17) is 29.2 Å². The minimum Gasteiger partial charge on any atom is -0.481 e. The molecule has 0 radical (unpaired) electrons. The number of hydrogen-bond donors (Lipinski definition) is 1. The molecule has 6 rings (SSSR count). The fraction of sp³-hybridized carbons (Fsp3) is 0.423. The van der Waals surface area contributed by atoms with Crippen LogP contribution in [-0.2, 0) is 9.47 Å². The van der Waals surface area contributed by atoms with Gasteiger partial charge in [0.25, 0.3) is 0 Å². The van der Waals surface area contributed by atoms with Gasteiger partial charge in [0.15, 0.2) is 5.65 Å². The van der Waals surface area contributed by atoms with Crippen LogP contribution in [0.2, 0.25) is 0 Å². The van der Waals surface area contributed by atoms with Gasteiger partial charge in [0.1, 0.15) is 29.2 Å². The molecule has 6 heterocycles. The van der Waals surface area contributed by atoms with E-state index in [1.165, 1.54) is 0 Å². The second-order valence-electron chi connectivity index (χ2n) is 9.16. The topological polar surface area (TPSA) is 112 Å². The Labute approximate surface area is 214 Å². The van der Waals surface area contributed by atoms with Crippen LogP contribution >= 0.6 is 0 Å². The maximum atomic E-state index is 6.23. The van der Waals surface area contributed by atoms with Gasteiger partial charge in [0, 0.05) is 25.8 Å². The van der Waals surface area contributed by atoms with Gasteiger partial charge < -0.3 is 24.4 Å². The second kappa shape index (κ2) is 10.3. The van der Waals surface area contributed by atoms with Crippen molar-refractivity contribution in [2.24, 2.45) is 0 Å². The van der Waals surface area contributed by atoms with E-state index in [0.717, 1.165) is 66.3 Å². The zero-order valence-electron chi connectivity index (χ0n) is 21.1. The predicted molar refractivity (Wildman–Crippen MR) is 139 cm³/mol. The molecule has 37 heavy (non-hydrogen) atoms. The summed E-state index contributed by atoms with van der Waals surface area (Å²) in [6.45, 7) is 5.60. The van der Waals surface area contributed by atoms with E-state index >= 15 is 0 Å². The van der Waals surface area contributed by atoms with Crippen LogP contribution in [0.1, 0.15) is 31.3 Å². The monoisotopic (exact) mass is 502 g/mol. The Balaban J connectivity index is 1.50. The number of anilines is 3. The number of imidazole rings is 1. The maximum absolute atomic E-state index is 6.23. The Morgan fingerprint density at radius 2 is 1.89 bits per heavy atom. The molecule has 4 aromatic heterocycles. The zero-order valence-corrected chi connectivity index (χ0v) is 21.1. The van der Waals surface area contributed by atoms with Crippen molar-refractivity contribution in [1.29, 1.82) is 0 Å². The van der Waals surface area contributed by atoms with Gasteiger partial charge in [0.05, 0.1) is 55.9 Å². The van der Waals surface area contributed by atoms with Gasteiger partial charge in [-0.05, 0) is 38.3 Å². The highest BCUT2D eigenvalue weighted by molar-refractivity contribution is 5.83. The molecule has 0 spiro atoms. The molecule has 0 bridgehead atoms. The SMILES string of the molecule is COc1ccc(Nc2ncc(N3CCOCC3)cc2-c2nc3cnc(C)nc3n2C2CCCCO2)cn1. The summed E-state index contributed by atoms with van der Waals surface area (Å²) in [6, 6.07) is 5.86. The van der Waals surface area contributed by atoms with Gasteiger partial charge in [-0.25, -0.2) is 24.9 Å². The molecule has 0 saturated carbocycles. The van der Waals surface area contributed by atoms with E-state index in [9.17, 15) is 0 Å². The summed E-state index contributed by atoms with van der Waals surface area (Å²) in [5.74, 6) is 2.65. The van der Waals surface area contributed by atoms with Crippen LogP contribution < -0.4 is 15.0 Å². The maximum Gasteiger partial charge on any atom is 0.213 e. The van der Waals surface area contributed by atoms with E-state index in [-0.39, 0.29) is 6.23 Å². The number of fused-ring (bicyclic) bond motifs is 1. The highest BCUT2D eigenvalue weighted by Crippen LogP contribution is 2.37. The van der Waals surface area contributed by atoms with E-state index in [2.05, 4.69) is 30.8 Å². The molecular weight excluding hydrogens is 472 g/mol. The van der Waals surface area contributed by atoms with Gasteiger partial charge in [-0.15, -0.1) is 0 Å². The Morgan fingerprint density at radius 3 is 2.65 bits per heavy atom. The summed E-state index contributed by atoms with van der Waals surface area (Å²) in [6.07, 6.45) is 8.26. The first-order chi connectivity index (χ1) is 18.2. The van der Waals surface area contributed by atoms with E-state index < -0.39 is 0 Å². The standard InChI is InChI=1S/C26H30N8O3/c1-17-27-16-21-26(30-17)34(23-5-3-4-10-37-23)25(32-21)20-13-19(33-8-11-36-12-9-33)15-29-24(20)31-18-6-7-22(35-2)28-14-18/h6-7,13-16,23H,3-5,8-12H2,1-2H3,(H,29,31). The van der Waals surface area contributed by atoms with Gasteiger partial charge in [-0.1, -0.05) is 0 Å². The number of nitrogens with one attached hydrogen (secondary N) is 1. The molecule has 2 aliphatic heterocycles. The molecule has 192 valence electrons. The molecule has 1 N–H and O–H groups in total. The van der Waals surface area contributed by atoms with Crippen molar-refractivity contribution in [3.63, 3.8) is 0 Å². The molecule has 1 unspecified atom stereocenters. The number of morpholine rings is 1. The first kappa shape index (κ1) is 23.6. The van der Waals surface area contributed by atoms with Crippen LogP contribution in [0.3, 0.4) is 0 Å². The smallest absolute Gasteiger partial charge is 0.213 e. The van der Waals surface area contributed by atoms with E-state index in [0.29, 0.717) is 37.3 Å². The Hall–Kier alpha value is -3.83. The van der Waals surface area contributed by atoms with Crippen LogP contribution in [0.25, 0.3) is 22.6 Å². The Bertz CT molecular complexity index is 1380. The van der Waals surface area contributed by atoms with Crippen LogP contribution in [0.15, 0.2) is 36.8 Å². The lowest BCUT2D eigenvalue weighted by atomic mass is 10.1.